The van der Waals surface area contributed by atoms with E-state index in [1.165, 1.54) is 16.4 Å². The fraction of sp³-hybridized carbons (Fsp3) is 0.143. The van der Waals surface area contributed by atoms with Crippen molar-refractivity contribution in [3.63, 3.8) is 0 Å². The molecule has 0 aliphatic heterocycles. The van der Waals surface area contributed by atoms with E-state index < -0.39 is 10.0 Å². The highest BCUT2D eigenvalue weighted by atomic mass is 35.5. The maximum absolute atomic E-state index is 12.6. The average Bonchev–Trinajstić information content (AvgIpc) is 2.45. The molecule has 0 atom stereocenters. The van der Waals surface area contributed by atoms with E-state index in [1.54, 1.807) is 42.5 Å². The van der Waals surface area contributed by atoms with Crippen molar-refractivity contribution in [2.24, 2.45) is 0 Å². The summed E-state index contributed by atoms with van der Waals surface area (Å²) in [6.45, 7) is -0.284. The van der Waals surface area contributed by atoms with Gasteiger partial charge in [-0.1, -0.05) is 35.9 Å². The maximum atomic E-state index is 12.6. The first kappa shape index (κ1) is 14.8. The molecule has 0 aliphatic carbocycles. The topological polar surface area (TPSA) is 57.6 Å². The first-order valence-corrected chi connectivity index (χ1v) is 7.82. The van der Waals surface area contributed by atoms with Gasteiger partial charge in [-0.05, 0) is 30.3 Å². The Morgan fingerprint density at radius 2 is 1.75 bits per heavy atom. The van der Waals surface area contributed by atoms with Crippen LogP contribution >= 0.6 is 11.6 Å². The third kappa shape index (κ3) is 3.12. The van der Waals surface area contributed by atoms with Gasteiger partial charge in [-0.3, -0.25) is 4.31 Å². The van der Waals surface area contributed by atoms with Gasteiger partial charge in [0.1, 0.15) is 0 Å². The molecule has 1 N–H and O–H groups in total. The summed E-state index contributed by atoms with van der Waals surface area (Å²) >= 11 is 5.85. The molecular weight excluding hydrogens is 298 g/mol. The lowest BCUT2D eigenvalue weighted by molar-refractivity contribution is 0.306. The second-order valence-electron chi connectivity index (χ2n) is 4.09. The molecule has 0 aliphatic rings. The van der Waals surface area contributed by atoms with Gasteiger partial charge in [0.15, 0.2) is 0 Å². The van der Waals surface area contributed by atoms with E-state index >= 15 is 0 Å². The summed E-state index contributed by atoms with van der Waals surface area (Å²) in [5, 5.41) is 9.48. The molecule has 0 aromatic heterocycles. The SMILES string of the molecule is O=S(=O)(c1cccc(Cl)c1)N(CCO)c1ccccc1. The highest BCUT2D eigenvalue weighted by molar-refractivity contribution is 7.92. The van der Waals surface area contributed by atoms with E-state index in [0.717, 1.165) is 0 Å². The Kier molecular flexibility index (Phi) is 4.65. The molecule has 2 aromatic rings. The molecule has 0 spiro atoms. The summed E-state index contributed by atoms with van der Waals surface area (Å²) in [5.41, 5.74) is 0.501. The third-order valence-electron chi connectivity index (χ3n) is 2.73. The molecule has 0 heterocycles. The molecule has 0 radical (unpaired) electrons. The van der Waals surface area contributed by atoms with Crippen LogP contribution in [0.2, 0.25) is 5.02 Å². The van der Waals surface area contributed by atoms with Gasteiger partial charge >= 0.3 is 0 Å². The number of rotatable bonds is 5. The number of aliphatic hydroxyl groups is 1. The number of hydrogen-bond acceptors (Lipinski definition) is 3. The second-order valence-corrected chi connectivity index (χ2v) is 6.39. The smallest absolute Gasteiger partial charge is 0.264 e. The minimum atomic E-state index is -3.75. The van der Waals surface area contributed by atoms with Crippen LogP contribution in [0, 0.1) is 0 Å². The van der Waals surface area contributed by atoms with Gasteiger partial charge in [-0.2, -0.15) is 0 Å². The molecule has 0 bridgehead atoms. The Hall–Kier alpha value is -1.56. The average molecular weight is 312 g/mol. The van der Waals surface area contributed by atoms with Crippen molar-refractivity contribution in [1.29, 1.82) is 0 Å². The number of para-hydroxylation sites is 1. The number of hydrogen-bond donors (Lipinski definition) is 1. The zero-order chi connectivity index (χ0) is 14.6. The summed E-state index contributed by atoms with van der Waals surface area (Å²) in [5.74, 6) is 0. The van der Waals surface area contributed by atoms with Crippen LogP contribution in [-0.2, 0) is 10.0 Å². The lowest BCUT2D eigenvalue weighted by Crippen LogP contribution is -2.33. The van der Waals surface area contributed by atoms with Crippen LogP contribution in [0.15, 0.2) is 59.5 Å². The Morgan fingerprint density at radius 1 is 1.05 bits per heavy atom. The fourth-order valence-electron chi connectivity index (χ4n) is 1.83. The molecule has 106 valence electrons. The first-order valence-electron chi connectivity index (χ1n) is 6.00. The van der Waals surface area contributed by atoms with Gasteiger partial charge in [-0.25, -0.2) is 8.42 Å². The summed E-state index contributed by atoms with van der Waals surface area (Å²) in [6, 6.07) is 14.7. The molecule has 6 heteroatoms. The molecule has 0 saturated carbocycles. The van der Waals surface area contributed by atoms with E-state index in [2.05, 4.69) is 0 Å². The van der Waals surface area contributed by atoms with Crippen molar-refractivity contribution in [2.45, 2.75) is 4.90 Å². The van der Waals surface area contributed by atoms with Gasteiger partial charge in [0.2, 0.25) is 0 Å². The Labute approximate surface area is 123 Å². The molecule has 2 rings (SSSR count). The highest BCUT2D eigenvalue weighted by Gasteiger charge is 2.24. The van der Waals surface area contributed by atoms with Crippen LogP contribution in [0.25, 0.3) is 0 Å². The summed E-state index contributed by atoms with van der Waals surface area (Å²) < 4.78 is 26.4. The lowest BCUT2D eigenvalue weighted by atomic mass is 10.3. The Bertz CT molecular complexity index is 674. The van der Waals surface area contributed by atoms with Crippen molar-refractivity contribution < 1.29 is 13.5 Å². The van der Waals surface area contributed by atoms with Gasteiger partial charge < -0.3 is 5.11 Å². The Balaban J connectivity index is 2.48. The molecule has 0 fully saturated rings. The van der Waals surface area contributed by atoms with Crippen LogP contribution < -0.4 is 4.31 Å². The predicted molar refractivity (Wildman–Crippen MR) is 79.5 cm³/mol. The van der Waals surface area contributed by atoms with Crippen LogP contribution in [0.3, 0.4) is 0 Å². The molecule has 0 amide bonds. The highest BCUT2D eigenvalue weighted by Crippen LogP contribution is 2.24. The molecule has 20 heavy (non-hydrogen) atoms. The number of nitrogens with zero attached hydrogens (tertiary/aromatic N) is 1. The summed E-state index contributed by atoms with van der Waals surface area (Å²) in [4.78, 5) is 0.0994. The minimum Gasteiger partial charge on any atom is -0.394 e. The number of halogens is 1. The van der Waals surface area contributed by atoms with Gasteiger partial charge in [0.05, 0.1) is 23.7 Å². The zero-order valence-corrected chi connectivity index (χ0v) is 12.2. The standard InChI is InChI=1S/C14H14ClNO3S/c15-12-5-4-8-14(11-12)20(18,19)16(9-10-17)13-6-2-1-3-7-13/h1-8,11,17H,9-10H2. The van der Waals surface area contributed by atoms with Crippen LogP contribution in [0.1, 0.15) is 0 Å². The molecule has 2 aromatic carbocycles. The maximum Gasteiger partial charge on any atom is 0.264 e. The Morgan fingerprint density at radius 3 is 2.35 bits per heavy atom. The number of aliphatic hydroxyl groups excluding tert-OH is 1. The summed E-state index contributed by atoms with van der Waals surface area (Å²) in [6.07, 6.45) is 0. The van der Waals surface area contributed by atoms with Crippen LogP contribution in [0.5, 0.6) is 0 Å². The molecular formula is C14H14ClNO3S. The van der Waals surface area contributed by atoms with Gasteiger partial charge in [-0.15, -0.1) is 0 Å². The normalized spacial score (nSPS) is 11.3. The van der Waals surface area contributed by atoms with Crippen molar-refractivity contribution in [3.8, 4) is 0 Å². The van der Waals surface area contributed by atoms with Gasteiger partial charge in [0, 0.05) is 5.02 Å². The van der Waals surface area contributed by atoms with E-state index in [9.17, 15) is 8.42 Å². The summed E-state index contributed by atoms with van der Waals surface area (Å²) in [7, 11) is -3.75. The van der Waals surface area contributed by atoms with Gasteiger partial charge in [0.25, 0.3) is 10.0 Å². The van der Waals surface area contributed by atoms with E-state index in [1.807, 2.05) is 0 Å². The molecule has 0 saturated heterocycles. The van der Waals surface area contributed by atoms with Crippen LogP contribution in [-0.4, -0.2) is 26.7 Å². The number of sulfonamides is 1. The minimum absolute atomic E-state index is 0.0150. The zero-order valence-electron chi connectivity index (χ0n) is 10.6. The van der Waals surface area contributed by atoms with Crippen molar-refractivity contribution in [2.75, 3.05) is 17.5 Å². The largest absolute Gasteiger partial charge is 0.394 e. The van der Waals surface area contributed by atoms with E-state index in [-0.39, 0.29) is 18.0 Å². The monoisotopic (exact) mass is 311 g/mol. The predicted octanol–water partition coefficient (Wildman–Crippen LogP) is 2.53. The number of benzene rings is 2. The van der Waals surface area contributed by atoms with Crippen molar-refractivity contribution in [3.05, 3.63) is 59.6 Å². The quantitative estimate of drug-likeness (QED) is 0.923. The second kappa shape index (κ2) is 6.26. The lowest BCUT2D eigenvalue weighted by Gasteiger charge is -2.23. The van der Waals surface area contributed by atoms with Crippen molar-refractivity contribution >= 4 is 27.3 Å². The third-order valence-corrected chi connectivity index (χ3v) is 4.79. The molecule has 0 unspecified atom stereocenters. The molecule has 4 nitrogen and oxygen atoms in total. The van der Waals surface area contributed by atoms with Crippen LogP contribution in [0.4, 0.5) is 5.69 Å². The van der Waals surface area contributed by atoms with Crippen molar-refractivity contribution in [1.82, 2.24) is 0 Å². The van der Waals surface area contributed by atoms with E-state index in [4.69, 9.17) is 16.7 Å². The first-order chi connectivity index (χ1) is 9.55. The van der Waals surface area contributed by atoms with E-state index in [0.29, 0.717) is 10.7 Å². The fourth-order valence-corrected chi connectivity index (χ4v) is 3.58. The number of anilines is 1.